The Morgan fingerprint density at radius 2 is 1.43 bits per heavy atom. The SMILES string of the molecule is Cl.N[C@H](CC(F)(F)F)c1ccc(Oc2ccccc2)cc1. The maximum absolute atomic E-state index is 12.3. The normalized spacial score (nSPS) is 12.4. The zero-order chi connectivity index (χ0) is 14.6. The lowest BCUT2D eigenvalue weighted by Crippen LogP contribution is -2.20. The topological polar surface area (TPSA) is 35.2 Å². The minimum atomic E-state index is -4.27. The molecule has 0 aliphatic heterocycles. The van der Waals surface area contributed by atoms with Crippen molar-refractivity contribution in [1.82, 2.24) is 0 Å². The Kier molecular flexibility index (Phi) is 6.05. The van der Waals surface area contributed by atoms with Crippen LogP contribution in [-0.2, 0) is 0 Å². The molecule has 21 heavy (non-hydrogen) atoms. The fourth-order valence-corrected chi connectivity index (χ4v) is 1.77. The molecule has 2 nitrogen and oxygen atoms in total. The number of alkyl halides is 3. The molecule has 0 unspecified atom stereocenters. The van der Waals surface area contributed by atoms with E-state index in [1.165, 1.54) is 0 Å². The van der Waals surface area contributed by atoms with E-state index in [4.69, 9.17) is 10.5 Å². The second kappa shape index (κ2) is 7.33. The van der Waals surface area contributed by atoms with Crippen LogP contribution in [0.2, 0.25) is 0 Å². The molecule has 0 fully saturated rings. The largest absolute Gasteiger partial charge is 0.457 e. The number of rotatable bonds is 4. The maximum atomic E-state index is 12.3. The molecule has 0 bridgehead atoms. The highest BCUT2D eigenvalue weighted by Crippen LogP contribution is 2.29. The molecule has 2 aromatic carbocycles. The van der Waals surface area contributed by atoms with Crippen molar-refractivity contribution in [2.75, 3.05) is 0 Å². The molecular weight excluding hydrogens is 303 g/mol. The summed E-state index contributed by atoms with van der Waals surface area (Å²) in [6, 6.07) is 14.4. The molecule has 0 aromatic heterocycles. The first-order valence-corrected chi connectivity index (χ1v) is 6.09. The summed E-state index contributed by atoms with van der Waals surface area (Å²) < 4.78 is 42.3. The number of para-hydroxylation sites is 1. The lowest BCUT2D eigenvalue weighted by atomic mass is 10.0. The average Bonchev–Trinajstić information content (AvgIpc) is 2.39. The summed E-state index contributed by atoms with van der Waals surface area (Å²) in [5.74, 6) is 1.22. The number of halogens is 4. The predicted molar refractivity (Wildman–Crippen MR) is 77.8 cm³/mol. The van der Waals surface area contributed by atoms with Crippen LogP contribution in [0.1, 0.15) is 18.0 Å². The number of benzene rings is 2. The molecule has 0 aliphatic rings. The quantitative estimate of drug-likeness (QED) is 0.874. The highest BCUT2D eigenvalue weighted by molar-refractivity contribution is 5.85. The first-order chi connectivity index (χ1) is 9.44. The summed E-state index contributed by atoms with van der Waals surface area (Å²) >= 11 is 0. The van der Waals surface area contributed by atoms with Gasteiger partial charge >= 0.3 is 6.18 Å². The molecule has 0 spiro atoms. The van der Waals surface area contributed by atoms with Crippen LogP contribution in [0, 0.1) is 0 Å². The van der Waals surface area contributed by atoms with Gasteiger partial charge in [0.15, 0.2) is 0 Å². The standard InChI is InChI=1S/C15H14F3NO.ClH/c16-15(17,18)10-14(19)11-6-8-13(9-7-11)20-12-4-2-1-3-5-12;/h1-9,14H,10,19H2;1H/t14-;/m1./s1. The van der Waals surface area contributed by atoms with Gasteiger partial charge in [0.25, 0.3) is 0 Å². The molecule has 2 rings (SSSR count). The monoisotopic (exact) mass is 317 g/mol. The lowest BCUT2D eigenvalue weighted by Gasteiger charge is -2.15. The van der Waals surface area contributed by atoms with Crippen LogP contribution in [-0.4, -0.2) is 6.18 Å². The zero-order valence-electron chi connectivity index (χ0n) is 11.0. The highest BCUT2D eigenvalue weighted by Gasteiger charge is 2.30. The van der Waals surface area contributed by atoms with Crippen LogP contribution in [0.5, 0.6) is 11.5 Å². The Hall–Kier alpha value is -1.72. The first kappa shape index (κ1) is 17.3. The molecule has 2 aromatic rings. The Morgan fingerprint density at radius 3 is 1.95 bits per heavy atom. The van der Waals surface area contributed by atoms with E-state index >= 15 is 0 Å². The van der Waals surface area contributed by atoms with Crippen LogP contribution in [0.3, 0.4) is 0 Å². The third-order valence-corrected chi connectivity index (χ3v) is 2.74. The Morgan fingerprint density at radius 1 is 0.905 bits per heavy atom. The van der Waals surface area contributed by atoms with E-state index in [9.17, 15) is 13.2 Å². The van der Waals surface area contributed by atoms with Crippen molar-refractivity contribution >= 4 is 12.4 Å². The van der Waals surface area contributed by atoms with E-state index in [2.05, 4.69) is 0 Å². The zero-order valence-corrected chi connectivity index (χ0v) is 11.8. The molecule has 0 radical (unpaired) electrons. The molecule has 0 saturated heterocycles. The molecule has 114 valence electrons. The fraction of sp³-hybridized carbons (Fsp3) is 0.200. The summed E-state index contributed by atoms with van der Waals surface area (Å²) in [4.78, 5) is 0. The van der Waals surface area contributed by atoms with Crippen LogP contribution >= 0.6 is 12.4 Å². The summed E-state index contributed by atoms with van der Waals surface area (Å²) in [6.07, 6.45) is -5.30. The van der Waals surface area contributed by atoms with E-state index in [1.807, 2.05) is 18.2 Å². The van der Waals surface area contributed by atoms with Crippen LogP contribution in [0.25, 0.3) is 0 Å². The molecule has 0 amide bonds. The van der Waals surface area contributed by atoms with E-state index < -0.39 is 18.6 Å². The Balaban J connectivity index is 0.00000220. The Bertz CT molecular complexity index is 543. The van der Waals surface area contributed by atoms with Gasteiger partial charge in [0.2, 0.25) is 0 Å². The summed E-state index contributed by atoms with van der Waals surface area (Å²) in [6.45, 7) is 0. The van der Waals surface area contributed by atoms with Gasteiger partial charge in [-0.25, -0.2) is 0 Å². The molecule has 2 N–H and O–H groups in total. The number of hydrogen-bond acceptors (Lipinski definition) is 2. The van der Waals surface area contributed by atoms with Gasteiger partial charge in [0, 0.05) is 6.04 Å². The average molecular weight is 318 g/mol. The first-order valence-electron chi connectivity index (χ1n) is 6.09. The Labute approximate surface area is 127 Å². The number of hydrogen-bond donors (Lipinski definition) is 1. The van der Waals surface area contributed by atoms with E-state index in [0.717, 1.165) is 0 Å². The van der Waals surface area contributed by atoms with Gasteiger partial charge in [0.1, 0.15) is 11.5 Å². The van der Waals surface area contributed by atoms with Crippen molar-refractivity contribution in [1.29, 1.82) is 0 Å². The van der Waals surface area contributed by atoms with Crippen molar-refractivity contribution in [2.24, 2.45) is 5.73 Å². The van der Waals surface area contributed by atoms with Crippen molar-refractivity contribution in [3.63, 3.8) is 0 Å². The maximum Gasteiger partial charge on any atom is 0.390 e. The van der Waals surface area contributed by atoms with Crippen molar-refractivity contribution in [2.45, 2.75) is 18.6 Å². The minimum absolute atomic E-state index is 0. The fourth-order valence-electron chi connectivity index (χ4n) is 1.77. The van der Waals surface area contributed by atoms with Crippen molar-refractivity contribution in [3.05, 3.63) is 60.2 Å². The van der Waals surface area contributed by atoms with Crippen LogP contribution < -0.4 is 10.5 Å². The molecular formula is C15H15ClF3NO. The van der Waals surface area contributed by atoms with Gasteiger partial charge in [-0.15, -0.1) is 12.4 Å². The second-order valence-corrected chi connectivity index (χ2v) is 4.41. The third-order valence-electron chi connectivity index (χ3n) is 2.74. The van der Waals surface area contributed by atoms with Gasteiger partial charge in [-0.05, 0) is 29.8 Å². The number of ether oxygens (including phenoxy) is 1. The predicted octanol–water partition coefficient (Wildman–Crippen LogP) is 4.85. The van der Waals surface area contributed by atoms with Gasteiger partial charge < -0.3 is 10.5 Å². The number of nitrogens with two attached hydrogens (primary N) is 1. The second-order valence-electron chi connectivity index (χ2n) is 4.41. The van der Waals surface area contributed by atoms with Crippen molar-refractivity contribution in [3.8, 4) is 11.5 Å². The molecule has 0 heterocycles. The van der Waals surface area contributed by atoms with Gasteiger partial charge in [0.05, 0.1) is 6.42 Å². The summed E-state index contributed by atoms with van der Waals surface area (Å²) in [5, 5.41) is 0. The molecule has 0 saturated carbocycles. The lowest BCUT2D eigenvalue weighted by molar-refractivity contribution is -0.138. The van der Waals surface area contributed by atoms with Crippen LogP contribution in [0.4, 0.5) is 13.2 Å². The van der Waals surface area contributed by atoms with Crippen LogP contribution in [0.15, 0.2) is 54.6 Å². The van der Waals surface area contributed by atoms with E-state index in [0.29, 0.717) is 17.1 Å². The molecule has 1 atom stereocenters. The molecule has 0 aliphatic carbocycles. The van der Waals surface area contributed by atoms with E-state index in [-0.39, 0.29) is 12.4 Å². The van der Waals surface area contributed by atoms with E-state index in [1.54, 1.807) is 36.4 Å². The van der Waals surface area contributed by atoms with Gasteiger partial charge in [-0.1, -0.05) is 30.3 Å². The smallest absolute Gasteiger partial charge is 0.390 e. The minimum Gasteiger partial charge on any atom is -0.457 e. The third kappa shape index (κ3) is 5.65. The van der Waals surface area contributed by atoms with Gasteiger partial charge in [-0.2, -0.15) is 13.2 Å². The van der Waals surface area contributed by atoms with Gasteiger partial charge in [-0.3, -0.25) is 0 Å². The summed E-state index contributed by atoms with van der Waals surface area (Å²) in [5.41, 5.74) is 5.96. The highest BCUT2D eigenvalue weighted by atomic mass is 35.5. The van der Waals surface area contributed by atoms with Crippen molar-refractivity contribution < 1.29 is 17.9 Å². The summed E-state index contributed by atoms with van der Waals surface area (Å²) in [7, 11) is 0. The molecule has 6 heteroatoms.